The lowest BCUT2D eigenvalue weighted by molar-refractivity contribution is 0.0492. The molecule has 0 bridgehead atoms. The highest BCUT2D eigenvalue weighted by molar-refractivity contribution is 6.32. The van der Waals surface area contributed by atoms with Gasteiger partial charge in [0, 0.05) is 19.2 Å². The van der Waals surface area contributed by atoms with Gasteiger partial charge < -0.3 is 19.5 Å². The fourth-order valence-corrected chi connectivity index (χ4v) is 1.79. The van der Waals surface area contributed by atoms with Crippen LogP contribution in [0.5, 0.6) is 11.5 Å². The number of nitrogens with one attached hydrogen (secondary N) is 1. The third kappa shape index (κ3) is 5.27. The van der Waals surface area contributed by atoms with Crippen molar-refractivity contribution in [2.24, 2.45) is 0 Å². The lowest BCUT2D eigenvalue weighted by atomic mass is 10.1. The molecule has 0 aliphatic rings. The third-order valence-corrected chi connectivity index (χ3v) is 2.71. The van der Waals surface area contributed by atoms with Crippen LogP contribution in [0.4, 0.5) is 0 Å². The molecular formula is C14H22ClNO3. The van der Waals surface area contributed by atoms with Gasteiger partial charge in [-0.25, -0.2) is 0 Å². The largest absolute Gasteiger partial charge is 0.493 e. The predicted octanol–water partition coefficient (Wildman–Crippen LogP) is 3.22. The molecule has 1 aromatic rings. The lowest BCUT2D eigenvalue weighted by Crippen LogP contribution is -2.35. The number of rotatable bonds is 6. The summed E-state index contributed by atoms with van der Waals surface area (Å²) in [6.45, 7) is 7.19. The molecule has 0 atom stereocenters. The maximum absolute atomic E-state index is 6.21. The third-order valence-electron chi connectivity index (χ3n) is 2.43. The molecule has 108 valence electrons. The summed E-state index contributed by atoms with van der Waals surface area (Å²) in [5, 5.41) is 3.92. The van der Waals surface area contributed by atoms with Crippen LogP contribution in [-0.2, 0) is 11.3 Å². The van der Waals surface area contributed by atoms with E-state index in [4.69, 9.17) is 25.8 Å². The van der Waals surface area contributed by atoms with Crippen LogP contribution < -0.4 is 14.8 Å². The number of hydrogen-bond donors (Lipinski definition) is 1. The van der Waals surface area contributed by atoms with E-state index in [2.05, 4.69) is 26.1 Å². The van der Waals surface area contributed by atoms with Crippen molar-refractivity contribution < 1.29 is 14.2 Å². The highest BCUT2D eigenvalue weighted by Gasteiger charge is 2.14. The predicted molar refractivity (Wildman–Crippen MR) is 77.1 cm³/mol. The Hall–Kier alpha value is -0.970. The Morgan fingerprint density at radius 3 is 2.42 bits per heavy atom. The Morgan fingerprint density at radius 2 is 1.89 bits per heavy atom. The first-order valence-corrected chi connectivity index (χ1v) is 6.48. The summed E-state index contributed by atoms with van der Waals surface area (Å²) < 4.78 is 15.6. The molecule has 0 radical (unpaired) electrons. The zero-order chi connectivity index (χ0) is 14.5. The van der Waals surface area contributed by atoms with Crippen molar-refractivity contribution in [3.8, 4) is 11.5 Å². The molecule has 0 fully saturated rings. The smallest absolute Gasteiger partial charge is 0.188 e. The van der Waals surface area contributed by atoms with E-state index >= 15 is 0 Å². The van der Waals surface area contributed by atoms with E-state index < -0.39 is 0 Å². The summed E-state index contributed by atoms with van der Waals surface area (Å²) in [5.41, 5.74) is 1.09. The van der Waals surface area contributed by atoms with Crippen molar-refractivity contribution in [2.75, 3.05) is 21.0 Å². The van der Waals surface area contributed by atoms with Gasteiger partial charge in [-0.05, 0) is 38.5 Å². The van der Waals surface area contributed by atoms with Crippen molar-refractivity contribution in [1.29, 1.82) is 0 Å². The second-order valence-electron chi connectivity index (χ2n) is 5.26. The van der Waals surface area contributed by atoms with Crippen molar-refractivity contribution in [3.63, 3.8) is 0 Å². The summed E-state index contributed by atoms with van der Waals surface area (Å²) in [4.78, 5) is 0. The number of halogens is 1. The second-order valence-corrected chi connectivity index (χ2v) is 5.67. The van der Waals surface area contributed by atoms with Crippen molar-refractivity contribution in [2.45, 2.75) is 32.9 Å². The van der Waals surface area contributed by atoms with Gasteiger partial charge in [-0.1, -0.05) is 11.6 Å². The minimum Gasteiger partial charge on any atom is -0.493 e. The van der Waals surface area contributed by atoms with E-state index in [1.54, 1.807) is 14.2 Å². The maximum Gasteiger partial charge on any atom is 0.188 e. The van der Waals surface area contributed by atoms with E-state index in [9.17, 15) is 0 Å². The average molecular weight is 288 g/mol. The first kappa shape index (κ1) is 16.1. The van der Waals surface area contributed by atoms with Gasteiger partial charge in [-0.15, -0.1) is 0 Å². The fourth-order valence-electron chi connectivity index (χ4n) is 1.50. The van der Waals surface area contributed by atoms with Crippen LogP contribution in [0.2, 0.25) is 5.02 Å². The van der Waals surface area contributed by atoms with Gasteiger partial charge >= 0.3 is 0 Å². The zero-order valence-corrected chi connectivity index (χ0v) is 12.9. The Morgan fingerprint density at radius 1 is 1.21 bits per heavy atom. The number of benzene rings is 1. The molecule has 19 heavy (non-hydrogen) atoms. The summed E-state index contributed by atoms with van der Waals surface area (Å²) in [7, 11) is 3.15. The summed E-state index contributed by atoms with van der Waals surface area (Å²) in [6.07, 6.45) is 0. The monoisotopic (exact) mass is 287 g/mol. The molecule has 1 rings (SSSR count). The Bertz CT molecular complexity index is 416. The standard InChI is InChI=1S/C14H22ClNO3/c1-14(2,3)16-8-10-6-11(15)13(19-9-17-4)12(7-10)18-5/h6-7,16H,8-9H2,1-5H3. The van der Waals surface area contributed by atoms with Gasteiger partial charge in [0.2, 0.25) is 0 Å². The highest BCUT2D eigenvalue weighted by atomic mass is 35.5. The van der Waals surface area contributed by atoms with Crippen molar-refractivity contribution in [3.05, 3.63) is 22.7 Å². The van der Waals surface area contributed by atoms with Crippen LogP contribution in [0.1, 0.15) is 26.3 Å². The van der Waals surface area contributed by atoms with Crippen molar-refractivity contribution >= 4 is 11.6 Å². The van der Waals surface area contributed by atoms with E-state index in [1.807, 2.05) is 12.1 Å². The normalized spacial score (nSPS) is 11.5. The molecule has 1 N–H and O–H groups in total. The molecule has 4 nitrogen and oxygen atoms in total. The van der Waals surface area contributed by atoms with Crippen LogP contribution in [0.25, 0.3) is 0 Å². The van der Waals surface area contributed by atoms with Crippen LogP contribution in [0.15, 0.2) is 12.1 Å². The average Bonchev–Trinajstić information content (AvgIpc) is 2.33. The Kier molecular flexibility index (Phi) is 5.91. The van der Waals surface area contributed by atoms with Gasteiger partial charge in [-0.3, -0.25) is 0 Å². The first-order valence-electron chi connectivity index (χ1n) is 6.10. The van der Waals surface area contributed by atoms with Crippen LogP contribution in [0, 0.1) is 0 Å². The van der Waals surface area contributed by atoms with Crippen LogP contribution in [0.3, 0.4) is 0 Å². The lowest BCUT2D eigenvalue weighted by Gasteiger charge is -2.21. The van der Waals surface area contributed by atoms with E-state index in [1.165, 1.54) is 0 Å². The van der Waals surface area contributed by atoms with E-state index in [0.717, 1.165) is 5.56 Å². The molecule has 0 heterocycles. The first-order chi connectivity index (χ1) is 8.87. The molecule has 0 spiro atoms. The molecule has 1 aromatic carbocycles. The number of hydrogen-bond acceptors (Lipinski definition) is 4. The van der Waals surface area contributed by atoms with Crippen molar-refractivity contribution in [1.82, 2.24) is 5.32 Å². The van der Waals surface area contributed by atoms with Gasteiger partial charge in [-0.2, -0.15) is 0 Å². The Balaban J connectivity index is 2.89. The highest BCUT2D eigenvalue weighted by Crippen LogP contribution is 2.36. The van der Waals surface area contributed by atoms with Gasteiger partial charge in [0.15, 0.2) is 18.3 Å². The van der Waals surface area contributed by atoms with Crippen LogP contribution in [-0.4, -0.2) is 26.6 Å². The minimum absolute atomic E-state index is 0.0466. The van der Waals surface area contributed by atoms with E-state index in [-0.39, 0.29) is 12.3 Å². The molecular weight excluding hydrogens is 266 g/mol. The molecule has 0 aliphatic heterocycles. The Labute approximate surface area is 120 Å². The summed E-state index contributed by atoms with van der Waals surface area (Å²) in [6, 6.07) is 3.78. The quantitative estimate of drug-likeness (QED) is 0.816. The molecule has 0 aliphatic carbocycles. The molecule has 0 saturated carbocycles. The van der Waals surface area contributed by atoms with Gasteiger partial charge in [0.05, 0.1) is 12.1 Å². The zero-order valence-electron chi connectivity index (χ0n) is 12.2. The SMILES string of the molecule is COCOc1c(Cl)cc(CNC(C)(C)C)cc1OC. The molecule has 0 aromatic heterocycles. The molecule has 0 amide bonds. The number of ether oxygens (including phenoxy) is 3. The fraction of sp³-hybridized carbons (Fsp3) is 0.571. The minimum atomic E-state index is 0.0466. The molecule has 5 heteroatoms. The summed E-state index contributed by atoms with van der Waals surface area (Å²) >= 11 is 6.21. The summed E-state index contributed by atoms with van der Waals surface area (Å²) in [5.74, 6) is 1.11. The molecule has 0 saturated heterocycles. The molecule has 0 unspecified atom stereocenters. The van der Waals surface area contributed by atoms with Gasteiger partial charge in [0.1, 0.15) is 0 Å². The van der Waals surface area contributed by atoms with Gasteiger partial charge in [0.25, 0.3) is 0 Å². The van der Waals surface area contributed by atoms with Crippen LogP contribution >= 0.6 is 11.6 Å². The second kappa shape index (κ2) is 6.98. The van der Waals surface area contributed by atoms with E-state index in [0.29, 0.717) is 23.1 Å². The number of methoxy groups -OCH3 is 2. The topological polar surface area (TPSA) is 39.7 Å². The maximum atomic E-state index is 6.21.